The van der Waals surface area contributed by atoms with Crippen LogP contribution in [0.4, 0.5) is 0 Å². The predicted molar refractivity (Wildman–Crippen MR) is 95.1 cm³/mol. The zero-order valence-corrected chi connectivity index (χ0v) is 15.4. The molecule has 1 aliphatic rings. The summed E-state index contributed by atoms with van der Waals surface area (Å²) in [5.74, 6) is 3.67. The monoisotopic (exact) mass is 410 g/mol. The molecule has 1 aromatic heterocycles. The van der Waals surface area contributed by atoms with Gasteiger partial charge in [0.15, 0.2) is 5.96 Å². The Labute approximate surface area is 141 Å². The zero-order valence-electron chi connectivity index (χ0n) is 12.2. The van der Waals surface area contributed by atoms with Crippen molar-refractivity contribution < 1.29 is 4.42 Å². The normalized spacial score (nSPS) is 18.8. The number of aliphatic imine (C=N–C) groups is 1. The van der Waals surface area contributed by atoms with Crippen molar-refractivity contribution in [3.8, 4) is 0 Å². The molecule has 1 fully saturated rings. The van der Waals surface area contributed by atoms with Gasteiger partial charge in [-0.3, -0.25) is 4.99 Å². The molecule has 0 saturated carbocycles. The van der Waals surface area contributed by atoms with E-state index in [0.717, 1.165) is 24.0 Å². The molecule has 1 saturated heterocycles. The van der Waals surface area contributed by atoms with E-state index in [1.54, 1.807) is 7.05 Å². The van der Waals surface area contributed by atoms with Crippen molar-refractivity contribution in [2.24, 2.45) is 4.99 Å². The molecule has 1 atom stereocenters. The van der Waals surface area contributed by atoms with Crippen molar-refractivity contribution >= 4 is 41.7 Å². The topological polar surface area (TPSA) is 62.5 Å². The quantitative estimate of drug-likeness (QED) is 0.454. The molecular formula is C13H23IN4OS. The smallest absolute Gasteiger partial charge is 0.214 e. The number of halogens is 1. The molecule has 0 amide bonds. The average Bonchev–Trinajstić information content (AvgIpc) is 3.01. The van der Waals surface area contributed by atoms with Gasteiger partial charge >= 0.3 is 0 Å². The van der Waals surface area contributed by atoms with E-state index in [1.165, 1.54) is 18.6 Å². The number of nitrogens with zero attached hydrogens (tertiary/aromatic N) is 2. The maximum absolute atomic E-state index is 5.53. The maximum atomic E-state index is 5.53. The van der Waals surface area contributed by atoms with Gasteiger partial charge in [-0.05, 0) is 32.4 Å². The van der Waals surface area contributed by atoms with Gasteiger partial charge in [0.25, 0.3) is 0 Å². The number of guanidine groups is 1. The minimum absolute atomic E-state index is 0. The molecule has 5 nitrogen and oxygen atoms in total. The number of thioether (sulfide) groups is 1. The third kappa shape index (κ3) is 5.16. The lowest BCUT2D eigenvalue weighted by Gasteiger charge is -2.13. The van der Waals surface area contributed by atoms with Gasteiger partial charge in [-0.1, -0.05) is 0 Å². The largest absolute Gasteiger partial charge is 0.444 e. The van der Waals surface area contributed by atoms with Crippen molar-refractivity contribution in [3.05, 3.63) is 17.3 Å². The lowest BCUT2D eigenvalue weighted by molar-refractivity contribution is 0.463. The summed E-state index contributed by atoms with van der Waals surface area (Å²) in [7, 11) is 1.78. The number of hydrogen-bond acceptors (Lipinski definition) is 4. The zero-order chi connectivity index (χ0) is 13.7. The van der Waals surface area contributed by atoms with Gasteiger partial charge in [-0.15, -0.1) is 24.0 Å². The van der Waals surface area contributed by atoms with E-state index >= 15 is 0 Å². The summed E-state index contributed by atoms with van der Waals surface area (Å²) < 4.78 is 5.53. The highest BCUT2D eigenvalue weighted by Gasteiger charge is 2.15. The van der Waals surface area contributed by atoms with Gasteiger partial charge in [-0.2, -0.15) is 11.8 Å². The van der Waals surface area contributed by atoms with Crippen molar-refractivity contribution in [2.45, 2.75) is 38.5 Å². The van der Waals surface area contributed by atoms with Crippen LogP contribution in [0.3, 0.4) is 0 Å². The third-order valence-electron chi connectivity index (χ3n) is 3.22. The minimum Gasteiger partial charge on any atom is -0.444 e. The first-order valence-electron chi connectivity index (χ1n) is 6.68. The molecule has 1 unspecified atom stereocenters. The van der Waals surface area contributed by atoms with Crippen LogP contribution >= 0.6 is 35.7 Å². The van der Waals surface area contributed by atoms with E-state index in [9.17, 15) is 0 Å². The van der Waals surface area contributed by atoms with Crippen LogP contribution in [0.2, 0.25) is 0 Å². The molecule has 0 bridgehead atoms. The van der Waals surface area contributed by atoms with Crippen molar-refractivity contribution in [1.82, 2.24) is 15.6 Å². The second kappa shape index (κ2) is 8.76. The lowest BCUT2D eigenvalue weighted by atomic mass is 10.2. The molecule has 1 aromatic rings. The van der Waals surface area contributed by atoms with Crippen LogP contribution in [0, 0.1) is 13.8 Å². The number of rotatable bonds is 4. The highest BCUT2D eigenvalue weighted by Crippen LogP contribution is 2.25. The van der Waals surface area contributed by atoms with Gasteiger partial charge in [0.1, 0.15) is 5.76 Å². The highest BCUT2D eigenvalue weighted by molar-refractivity contribution is 14.0. The molecule has 0 radical (unpaired) electrons. The van der Waals surface area contributed by atoms with Crippen LogP contribution in [0.15, 0.2) is 9.41 Å². The minimum atomic E-state index is 0. The van der Waals surface area contributed by atoms with E-state index in [0.29, 0.717) is 17.7 Å². The average molecular weight is 410 g/mol. The summed E-state index contributed by atoms with van der Waals surface area (Å²) >= 11 is 2.04. The lowest BCUT2D eigenvalue weighted by Crippen LogP contribution is -2.39. The van der Waals surface area contributed by atoms with Gasteiger partial charge in [0.05, 0.1) is 12.2 Å². The second-order valence-corrected chi connectivity index (χ2v) is 6.10. The molecule has 2 N–H and O–H groups in total. The first-order chi connectivity index (χ1) is 9.19. The molecular weight excluding hydrogens is 387 g/mol. The Kier molecular flexibility index (Phi) is 7.71. The Morgan fingerprint density at radius 3 is 2.80 bits per heavy atom. The Balaban J connectivity index is 0.00000200. The van der Waals surface area contributed by atoms with Gasteiger partial charge in [-0.25, -0.2) is 4.98 Å². The number of nitrogens with one attached hydrogen (secondary N) is 2. The molecule has 0 spiro atoms. The van der Waals surface area contributed by atoms with Crippen LogP contribution in [0.1, 0.15) is 30.2 Å². The van der Waals surface area contributed by atoms with Crippen LogP contribution in [0.25, 0.3) is 0 Å². The molecule has 20 heavy (non-hydrogen) atoms. The number of oxazole rings is 1. The van der Waals surface area contributed by atoms with Crippen LogP contribution in [0.5, 0.6) is 0 Å². The maximum Gasteiger partial charge on any atom is 0.214 e. The Morgan fingerprint density at radius 2 is 2.25 bits per heavy atom. The van der Waals surface area contributed by atoms with Gasteiger partial charge in [0.2, 0.25) is 5.89 Å². The van der Waals surface area contributed by atoms with Crippen molar-refractivity contribution in [1.29, 1.82) is 0 Å². The fraction of sp³-hybridized carbons (Fsp3) is 0.692. The molecule has 2 heterocycles. The molecule has 0 aromatic carbocycles. The van der Waals surface area contributed by atoms with Crippen molar-refractivity contribution in [2.75, 3.05) is 19.3 Å². The predicted octanol–water partition coefficient (Wildman–Crippen LogP) is 2.47. The molecule has 1 aliphatic heterocycles. The summed E-state index contributed by atoms with van der Waals surface area (Å²) in [6.45, 7) is 5.41. The Morgan fingerprint density at radius 1 is 1.45 bits per heavy atom. The molecule has 0 aliphatic carbocycles. The van der Waals surface area contributed by atoms with E-state index in [1.807, 2.05) is 25.6 Å². The summed E-state index contributed by atoms with van der Waals surface area (Å²) in [4.78, 5) is 8.55. The summed E-state index contributed by atoms with van der Waals surface area (Å²) in [6, 6.07) is 0. The SMILES string of the molecule is CN=C(NCc1nc(C)c(C)o1)NCC1CCCS1.I. The molecule has 2 rings (SSSR count). The second-order valence-electron chi connectivity index (χ2n) is 4.69. The summed E-state index contributed by atoms with van der Waals surface area (Å²) in [5.41, 5.74) is 0.946. The number of aryl methyl sites for hydroxylation is 2. The fourth-order valence-electron chi connectivity index (χ4n) is 2.01. The van der Waals surface area contributed by atoms with Crippen LogP contribution in [-0.4, -0.2) is 35.5 Å². The Bertz CT molecular complexity index is 424. The molecule has 114 valence electrons. The highest BCUT2D eigenvalue weighted by atomic mass is 127. The summed E-state index contributed by atoms with van der Waals surface area (Å²) in [5, 5.41) is 7.29. The van der Waals surface area contributed by atoms with Crippen LogP contribution in [-0.2, 0) is 6.54 Å². The number of hydrogen-bond donors (Lipinski definition) is 2. The number of aromatic nitrogens is 1. The Hall–Kier alpha value is -0.440. The van der Waals surface area contributed by atoms with Crippen molar-refractivity contribution in [3.63, 3.8) is 0 Å². The summed E-state index contributed by atoms with van der Waals surface area (Å²) in [6.07, 6.45) is 2.63. The van der Waals surface area contributed by atoms with Gasteiger partial charge < -0.3 is 15.1 Å². The van der Waals surface area contributed by atoms with E-state index in [4.69, 9.17) is 4.42 Å². The molecule has 7 heteroatoms. The third-order valence-corrected chi connectivity index (χ3v) is 4.62. The van der Waals surface area contributed by atoms with Gasteiger partial charge in [0, 0.05) is 18.8 Å². The fourth-order valence-corrected chi connectivity index (χ4v) is 3.21. The van der Waals surface area contributed by atoms with E-state index < -0.39 is 0 Å². The standard InChI is InChI=1S/C13H22N4OS.HI/c1-9-10(2)18-12(17-9)8-16-13(14-3)15-7-11-5-4-6-19-11;/h11H,4-8H2,1-3H3,(H2,14,15,16);1H. The first kappa shape index (κ1) is 17.6. The first-order valence-corrected chi connectivity index (χ1v) is 7.73. The van der Waals surface area contributed by atoms with E-state index in [2.05, 4.69) is 20.6 Å². The van der Waals surface area contributed by atoms with Crippen LogP contribution < -0.4 is 10.6 Å². The van der Waals surface area contributed by atoms with E-state index in [-0.39, 0.29) is 24.0 Å².